The van der Waals surface area contributed by atoms with Crippen molar-refractivity contribution >= 4 is 39.5 Å². The molecule has 9 heteroatoms. The van der Waals surface area contributed by atoms with Crippen molar-refractivity contribution in [2.45, 2.75) is 6.92 Å². The Hall–Kier alpha value is -2.62. The highest BCUT2D eigenvalue weighted by Gasteiger charge is 2.31. The Labute approximate surface area is 155 Å². The van der Waals surface area contributed by atoms with Gasteiger partial charge in [-0.1, -0.05) is 41.2 Å². The molecule has 0 spiro atoms. The number of aryl methyl sites for hydroxylation is 1. The lowest BCUT2D eigenvalue weighted by atomic mass is 10.2. The topological polar surface area (TPSA) is 90.8 Å². The summed E-state index contributed by atoms with van der Waals surface area (Å²) in [5, 5.41) is 27.1. The van der Waals surface area contributed by atoms with Gasteiger partial charge in [0.25, 0.3) is 0 Å². The van der Waals surface area contributed by atoms with Gasteiger partial charge in [-0.15, -0.1) is 5.10 Å². The van der Waals surface area contributed by atoms with E-state index in [1.54, 1.807) is 12.1 Å². The maximum Gasteiger partial charge on any atom is 0.208 e. The molecule has 0 atom stereocenters. The molecular formula is C16H17N7S2. The van der Waals surface area contributed by atoms with Crippen molar-refractivity contribution in [1.82, 2.24) is 15.4 Å². The monoisotopic (exact) mass is 371 g/mol. The van der Waals surface area contributed by atoms with E-state index in [-0.39, 0.29) is 5.57 Å². The summed E-state index contributed by atoms with van der Waals surface area (Å²) in [7, 11) is 1.69. The fraction of sp³-hybridized carbons (Fsp3) is 0.250. The first kappa shape index (κ1) is 18.7. The van der Waals surface area contributed by atoms with E-state index in [1.807, 2.05) is 55.8 Å². The van der Waals surface area contributed by atoms with Gasteiger partial charge in [0.15, 0.2) is 16.6 Å². The van der Waals surface area contributed by atoms with Crippen LogP contribution in [-0.4, -0.2) is 39.9 Å². The second kappa shape index (κ2) is 8.47. The van der Waals surface area contributed by atoms with Gasteiger partial charge >= 0.3 is 0 Å². The first-order valence-corrected chi connectivity index (χ1v) is 9.66. The predicted octanol–water partition coefficient (Wildman–Crippen LogP) is 2.99. The van der Waals surface area contributed by atoms with Gasteiger partial charge in [0.05, 0.1) is 5.69 Å². The Bertz CT molecular complexity index is 796. The zero-order chi connectivity index (χ0) is 18.4. The number of hydrogen-bond donors (Lipinski definition) is 1. The average molecular weight is 371 g/mol. The molecule has 1 aromatic rings. The van der Waals surface area contributed by atoms with Gasteiger partial charge in [-0.2, -0.15) is 10.5 Å². The van der Waals surface area contributed by atoms with Crippen LogP contribution in [0.2, 0.25) is 0 Å². The normalized spacial score (nSPS) is 14.1. The predicted molar refractivity (Wildman–Crippen MR) is 104 cm³/mol. The molecule has 0 amide bonds. The number of hydrogen-bond acceptors (Lipinski definition) is 8. The Kier molecular flexibility index (Phi) is 6.34. The zero-order valence-corrected chi connectivity index (χ0v) is 15.9. The number of benzene rings is 1. The minimum Gasteiger partial charge on any atom is -0.268 e. The average Bonchev–Trinajstić information content (AvgIpc) is 2.93. The molecule has 0 aliphatic carbocycles. The quantitative estimate of drug-likeness (QED) is 0.485. The third-order valence-electron chi connectivity index (χ3n) is 3.24. The fourth-order valence-corrected chi connectivity index (χ4v) is 2.93. The van der Waals surface area contributed by atoms with Gasteiger partial charge in [0.2, 0.25) is 5.17 Å². The molecule has 1 aliphatic rings. The SMILES string of the molecule is CSC(=Nc1ccc(C)cc1)NN1C(SC)=NN(C)C1=C(C#N)C#N. The van der Waals surface area contributed by atoms with E-state index in [9.17, 15) is 10.5 Å². The molecule has 0 aromatic heterocycles. The molecule has 0 bridgehead atoms. The van der Waals surface area contributed by atoms with E-state index in [1.165, 1.54) is 28.5 Å². The summed E-state index contributed by atoms with van der Waals surface area (Å²) >= 11 is 2.83. The lowest BCUT2D eigenvalue weighted by Crippen LogP contribution is -2.42. The molecule has 0 unspecified atom stereocenters. The summed E-state index contributed by atoms with van der Waals surface area (Å²) in [5.41, 5.74) is 5.09. The first-order chi connectivity index (χ1) is 12.0. The maximum absolute atomic E-state index is 9.23. The minimum atomic E-state index is -0.0291. The number of rotatable bonds is 2. The van der Waals surface area contributed by atoms with Crippen molar-refractivity contribution in [3.05, 3.63) is 41.2 Å². The Morgan fingerprint density at radius 1 is 1.20 bits per heavy atom. The van der Waals surface area contributed by atoms with Crippen LogP contribution in [0.25, 0.3) is 0 Å². The van der Waals surface area contributed by atoms with E-state index < -0.39 is 0 Å². The number of hydrazone groups is 1. The summed E-state index contributed by atoms with van der Waals surface area (Å²) in [6, 6.07) is 11.7. The summed E-state index contributed by atoms with van der Waals surface area (Å²) in [4.78, 5) is 4.58. The summed E-state index contributed by atoms with van der Waals surface area (Å²) in [6.07, 6.45) is 3.77. The van der Waals surface area contributed by atoms with Gasteiger partial charge < -0.3 is 0 Å². The van der Waals surface area contributed by atoms with E-state index in [0.717, 1.165) is 11.3 Å². The highest BCUT2D eigenvalue weighted by Crippen LogP contribution is 2.25. The smallest absolute Gasteiger partial charge is 0.208 e. The van der Waals surface area contributed by atoms with Crippen molar-refractivity contribution in [2.75, 3.05) is 19.6 Å². The van der Waals surface area contributed by atoms with Gasteiger partial charge in [-0.05, 0) is 31.6 Å². The number of nitrogens with zero attached hydrogens (tertiary/aromatic N) is 6. The highest BCUT2D eigenvalue weighted by atomic mass is 32.2. The third kappa shape index (κ3) is 4.27. The fourth-order valence-electron chi connectivity index (χ4n) is 2.04. The van der Waals surface area contributed by atoms with Crippen LogP contribution in [0.4, 0.5) is 5.69 Å². The molecule has 128 valence electrons. The van der Waals surface area contributed by atoms with Gasteiger partial charge in [-0.3, -0.25) is 5.43 Å². The Balaban J connectivity index is 2.38. The van der Waals surface area contributed by atoms with E-state index in [0.29, 0.717) is 16.2 Å². The van der Waals surface area contributed by atoms with Gasteiger partial charge in [0.1, 0.15) is 12.1 Å². The van der Waals surface area contributed by atoms with Crippen LogP contribution in [-0.2, 0) is 0 Å². The van der Waals surface area contributed by atoms with E-state index in [4.69, 9.17) is 0 Å². The van der Waals surface area contributed by atoms with Crippen molar-refractivity contribution in [2.24, 2.45) is 10.1 Å². The van der Waals surface area contributed by atoms with Crippen molar-refractivity contribution in [3.8, 4) is 12.1 Å². The molecule has 0 fully saturated rings. The van der Waals surface area contributed by atoms with Crippen molar-refractivity contribution in [1.29, 1.82) is 10.5 Å². The van der Waals surface area contributed by atoms with Crippen LogP contribution in [0, 0.1) is 29.6 Å². The van der Waals surface area contributed by atoms with Crippen molar-refractivity contribution in [3.63, 3.8) is 0 Å². The number of amidine groups is 2. The molecule has 25 heavy (non-hydrogen) atoms. The molecule has 7 nitrogen and oxygen atoms in total. The Morgan fingerprint density at radius 3 is 2.36 bits per heavy atom. The summed E-state index contributed by atoms with van der Waals surface area (Å²) in [6.45, 7) is 2.02. The molecule has 1 heterocycles. The molecule has 1 N–H and O–H groups in total. The Morgan fingerprint density at radius 2 is 1.84 bits per heavy atom. The summed E-state index contributed by atoms with van der Waals surface area (Å²) < 4.78 is 0. The molecule has 1 aromatic carbocycles. The minimum absolute atomic E-state index is 0.0291. The van der Waals surface area contributed by atoms with Crippen LogP contribution in [0.5, 0.6) is 0 Å². The van der Waals surface area contributed by atoms with Crippen LogP contribution in [0.3, 0.4) is 0 Å². The number of aliphatic imine (C=N–C) groups is 1. The molecule has 2 rings (SSSR count). The third-order valence-corrected chi connectivity index (χ3v) is 4.44. The van der Waals surface area contributed by atoms with Crippen LogP contribution >= 0.6 is 23.5 Å². The van der Waals surface area contributed by atoms with Gasteiger partial charge in [-0.25, -0.2) is 15.0 Å². The standard InChI is InChI=1S/C16H17N7S2/c1-11-5-7-13(8-6-11)19-15(24-3)20-23-14(12(9-17)10-18)22(2)21-16(23)25-4/h5-8H,1-4H3,(H,19,20). The number of hydrazine groups is 1. The molecule has 0 radical (unpaired) electrons. The van der Waals surface area contributed by atoms with Gasteiger partial charge in [0, 0.05) is 7.05 Å². The molecule has 0 saturated carbocycles. The second-order valence-corrected chi connectivity index (χ2v) is 6.50. The van der Waals surface area contributed by atoms with Crippen LogP contribution in [0.15, 0.2) is 45.8 Å². The maximum atomic E-state index is 9.23. The zero-order valence-electron chi connectivity index (χ0n) is 14.3. The second-order valence-electron chi connectivity index (χ2n) is 4.94. The lowest BCUT2D eigenvalue weighted by molar-refractivity contribution is 0.350. The van der Waals surface area contributed by atoms with E-state index >= 15 is 0 Å². The number of nitrogens with one attached hydrogen (secondary N) is 1. The first-order valence-electron chi connectivity index (χ1n) is 7.21. The molecule has 1 aliphatic heterocycles. The molecule has 0 saturated heterocycles. The highest BCUT2D eigenvalue weighted by molar-refractivity contribution is 8.13. The largest absolute Gasteiger partial charge is 0.268 e. The van der Waals surface area contributed by atoms with Crippen LogP contribution < -0.4 is 5.43 Å². The lowest BCUT2D eigenvalue weighted by Gasteiger charge is -2.23. The molecular weight excluding hydrogens is 354 g/mol. The number of thioether (sulfide) groups is 2. The number of allylic oxidation sites excluding steroid dienone is 1. The van der Waals surface area contributed by atoms with Crippen molar-refractivity contribution < 1.29 is 0 Å². The summed E-state index contributed by atoms with van der Waals surface area (Å²) in [5.74, 6) is 0.375. The number of nitriles is 2. The van der Waals surface area contributed by atoms with E-state index in [2.05, 4.69) is 15.5 Å². The van der Waals surface area contributed by atoms with Crippen LogP contribution in [0.1, 0.15) is 5.56 Å².